The van der Waals surface area contributed by atoms with E-state index in [1.54, 1.807) is 0 Å². The summed E-state index contributed by atoms with van der Waals surface area (Å²) in [5, 5.41) is 24.0. The predicted molar refractivity (Wildman–Crippen MR) is 89.8 cm³/mol. The average molecular weight is 359 g/mol. The molecule has 0 fully saturated rings. The maximum Gasteiger partial charge on any atom is 0.338 e. The summed E-state index contributed by atoms with van der Waals surface area (Å²) in [5.74, 6) is -1.71. The molecule has 0 spiro atoms. The fourth-order valence-electron chi connectivity index (χ4n) is 2.07. The van der Waals surface area contributed by atoms with Crippen LogP contribution in [0.3, 0.4) is 0 Å². The number of nitro benzene ring substituents is 2. The first kappa shape index (κ1) is 18.5. The molecule has 1 amide bonds. The largest absolute Gasteiger partial charge is 0.452 e. The Morgan fingerprint density at radius 1 is 1.04 bits per heavy atom. The summed E-state index contributed by atoms with van der Waals surface area (Å²) >= 11 is 0. The van der Waals surface area contributed by atoms with Gasteiger partial charge < -0.3 is 10.1 Å². The Morgan fingerprint density at radius 2 is 1.69 bits per heavy atom. The van der Waals surface area contributed by atoms with Gasteiger partial charge >= 0.3 is 5.97 Å². The Kier molecular flexibility index (Phi) is 5.58. The topological polar surface area (TPSA) is 142 Å². The molecule has 0 aliphatic rings. The number of nitro groups is 2. The van der Waals surface area contributed by atoms with Gasteiger partial charge in [0, 0.05) is 17.7 Å². The van der Waals surface area contributed by atoms with Crippen LogP contribution in [0.25, 0.3) is 0 Å². The van der Waals surface area contributed by atoms with Gasteiger partial charge in [-0.2, -0.15) is 0 Å². The third-order valence-corrected chi connectivity index (χ3v) is 3.35. The summed E-state index contributed by atoms with van der Waals surface area (Å²) in [6, 6.07) is 9.27. The molecule has 2 rings (SSSR count). The number of esters is 1. The quantitative estimate of drug-likeness (QED) is 0.474. The number of rotatable bonds is 6. The zero-order valence-electron chi connectivity index (χ0n) is 13.5. The highest BCUT2D eigenvalue weighted by molar-refractivity contribution is 5.97. The Bertz CT molecular complexity index is 895. The number of nitrogens with one attached hydrogen (secondary N) is 1. The molecule has 0 atom stereocenters. The van der Waals surface area contributed by atoms with Crippen LogP contribution >= 0.6 is 0 Å². The third kappa shape index (κ3) is 4.38. The van der Waals surface area contributed by atoms with E-state index in [1.165, 1.54) is 43.3 Å². The van der Waals surface area contributed by atoms with Crippen LogP contribution < -0.4 is 5.32 Å². The fraction of sp³-hybridized carbons (Fsp3) is 0.125. The lowest BCUT2D eigenvalue weighted by molar-refractivity contribution is -0.385. The number of hydrogen-bond acceptors (Lipinski definition) is 7. The average Bonchev–Trinajstić information content (AvgIpc) is 2.60. The zero-order chi connectivity index (χ0) is 19.3. The minimum absolute atomic E-state index is 0.0375. The van der Waals surface area contributed by atoms with E-state index < -0.39 is 28.3 Å². The molecular weight excluding hydrogens is 346 g/mol. The number of aryl methyl sites for hydroxylation is 1. The van der Waals surface area contributed by atoms with Crippen molar-refractivity contribution >= 4 is 28.9 Å². The maximum absolute atomic E-state index is 11.9. The van der Waals surface area contributed by atoms with E-state index in [4.69, 9.17) is 4.74 Å². The number of hydrogen-bond donors (Lipinski definition) is 1. The monoisotopic (exact) mass is 359 g/mol. The molecule has 0 aromatic heterocycles. The van der Waals surface area contributed by atoms with Crippen LogP contribution in [0.2, 0.25) is 0 Å². The highest BCUT2D eigenvalue weighted by Crippen LogP contribution is 2.23. The van der Waals surface area contributed by atoms with Gasteiger partial charge in [0.05, 0.1) is 15.4 Å². The van der Waals surface area contributed by atoms with E-state index in [2.05, 4.69) is 5.32 Å². The minimum Gasteiger partial charge on any atom is -0.452 e. The zero-order valence-corrected chi connectivity index (χ0v) is 13.5. The van der Waals surface area contributed by atoms with E-state index in [-0.39, 0.29) is 22.6 Å². The van der Waals surface area contributed by atoms with Crippen molar-refractivity contribution in [2.75, 3.05) is 11.9 Å². The van der Waals surface area contributed by atoms with Gasteiger partial charge in [0.2, 0.25) is 0 Å². The highest BCUT2D eigenvalue weighted by atomic mass is 16.6. The minimum atomic E-state index is -0.925. The van der Waals surface area contributed by atoms with E-state index in [0.29, 0.717) is 5.56 Å². The van der Waals surface area contributed by atoms with Crippen LogP contribution in [0.15, 0.2) is 42.5 Å². The van der Waals surface area contributed by atoms with Crippen molar-refractivity contribution in [3.8, 4) is 0 Å². The van der Waals surface area contributed by atoms with Crippen LogP contribution in [0.1, 0.15) is 15.9 Å². The first-order chi connectivity index (χ1) is 12.3. The highest BCUT2D eigenvalue weighted by Gasteiger charge is 2.18. The second-order valence-corrected chi connectivity index (χ2v) is 5.16. The first-order valence-corrected chi connectivity index (χ1v) is 7.25. The van der Waals surface area contributed by atoms with Gasteiger partial charge in [-0.25, -0.2) is 4.79 Å². The van der Waals surface area contributed by atoms with Crippen LogP contribution in [-0.2, 0) is 9.53 Å². The molecule has 0 radical (unpaired) electrons. The molecule has 0 bridgehead atoms. The van der Waals surface area contributed by atoms with Crippen LogP contribution in [0.4, 0.5) is 17.1 Å². The number of carbonyl (C=O) groups is 2. The molecule has 0 unspecified atom stereocenters. The molecule has 1 N–H and O–H groups in total. The predicted octanol–water partition coefficient (Wildman–Crippen LogP) is 2.61. The number of nitrogens with zero attached hydrogens (tertiary/aromatic N) is 2. The standard InChI is InChI=1S/C16H13N3O7/c1-10-6-7-11(8-14(10)19(24)25)16(21)26-9-15(20)17-12-4-2-3-5-13(12)18(22)23/h2-8H,9H2,1H3,(H,17,20). The normalized spacial score (nSPS) is 10.0. The Labute approximate surface area is 146 Å². The van der Waals surface area contributed by atoms with Crippen molar-refractivity contribution in [2.45, 2.75) is 6.92 Å². The van der Waals surface area contributed by atoms with Crippen molar-refractivity contribution in [1.82, 2.24) is 0 Å². The smallest absolute Gasteiger partial charge is 0.338 e. The van der Waals surface area contributed by atoms with Gasteiger partial charge in [-0.15, -0.1) is 0 Å². The molecule has 10 nitrogen and oxygen atoms in total. The van der Waals surface area contributed by atoms with E-state index in [9.17, 15) is 29.8 Å². The van der Waals surface area contributed by atoms with Gasteiger partial charge in [-0.1, -0.05) is 18.2 Å². The summed E-state index contributed by atoms with van der Waals surface area (Å²) in [6.07, 6.45) is 0. The van der Waals surface area contributed by atoms with Gasteiger partial charge in [0.1, 0.15) is 5.69 Å². The first-order valence-electron chi connectivity index (χ1n) is 7.25. The number of benzene rings is 2. The van der Waals surface area contributed by atoms with Crippen molar-refractivity contribution < 1.29 is 24.2 Å². The molecule has 2 aromatic rings. The summed E-state index contributed by atoms with van der Waals surface area (Å²) in [5.41, 5.74) is -0.295. The Morgan fingerprint density at radius 3 is 2.35 bits per heavy atom. The number of carbonyl (C=O) groups excluding carboxylic acids is 2. The Hall–Kier alpha value is -3.82. The van der Waals surface area contributed by atoms with Crippen molar-refractivity contribution in [2.24, 2.45) is 0 Å². The fourth-order valence-corrected chi connectivity index (χ4v) is 2.07. The molecule has 0 saturated carbocycles. The molecule has 0 heterocycles. The summed E-state index contributed by atoms with van der Waals surface area (Å²) in [6.45, 7) is 0.819. The molecule has 134 valence electrons. The molecular formula is C16H13N3O7. The van der Waals surface area contributed by atoms with E-state index in [0.717, 1.165) is 6.07 Å². The van der Waals surface area contributed by atoms with E-state index >= 15 is 0 Å². The second kappa shape index (κ2) is 7.83. The second-order valence-electron chi connectivity index (χ2n) is 5.16. The molecule has 26 heavy (non-hydrogen) atoms. The molecule has 2 aromatic carbocycles. The number of anilines is 1. The summed E-state index contributed by atoms with van der Waals surface area (Å²) in [4.78, 5) is 44.2. The molecule has 0 aliphatic carbocycles. The van der Waals surface area contributed by atoms with Gasteiger partial charge in [-0.3, -0.25) is 25.0 Å². The molecule has 10 heteroatoms. The van der Waals surface area contributed by atoms with Crippen LogP contribution in [0, 0.1) is 27.2 Å². The van der Waals surface area contributed by atoms with Crippen molar-refractivity contribution in [3.63, 3.8) is 0 Å². The lowest BCUT2D eigenvalue weighted by Gasteiger charge is -2.07. The van der Waals surface area contributed by atoms with Crippen LogP contribution in [-0.4, -0.2) is 28.3 Å². The molecule has 0 aliphatic heterocycles. The third-order valence-electron chi connectivity index (χ3n) is 3.35. The van der Waals surface area contributed by atoms with Gasteiger partial charge in [-0.05, 0) is 19.1 Å². The van der Waals surface area contributed by atoms with Crippen LogP contribution in [0.5, 0.6) is 0 Å². The van der Waals surface area contributed by atoms with E-state index in [1.807, 2.05) is 0 Å². The van der Waals surface area contributed by atoms with Gasteiger partial charge in [0.15, 0.2) is 6.61 Å². The Balaban J connectivity index is 2.02. The number of amides is 1. The van der Waals surface area contributed by atoms with Gasteiger partial charge in [0.25, 0.3) is 17.3 Å². The lowest BCUT2D eigenvalue weighted by Crippen LogP contribution is -2.21. The van der Waals surface area contributed by atoms with Crippen molar-refractivity contribution in [3.05, 3.63) is 73.8 Å². The number of para-hydroxylation sites is 2. The van der Waals surface area contributed by atoms with Crippen molar-refractivity contribution in [1.29, 1.82) is 0 Å². The maximum atomic E-state index is 11.9. The summed E-state index contributed by atoms with van der Waals surface area (Å²) in [7, 11) is 0. The summed E-state index contributed by atoms with van der Waals surface area (Å²) < 4.78 is 4.79. The number of ether oxygens (including phenoxy) is 1. The SMILES string of the molecule is Cc1ccc(C(=O)OCC(=O)Nc2ccccc2[N+](=O)[O-])cc1[N+](=O)[O-]. The lowest BCUT2D eigenvalue weighted by atomic mass is 10.1. The molecule has 0 saturated heterocycles.